The molecule has 1 fully saturated rings. The molecule has 0 aromatic carbocycles. The van der Waals surface area contributed by atoms with Crippen LogP contribution in [0.4, 0.5) is 13.2 Å². The van der Waals surface area contributed by atoms with Crippen LogP contribution >= 0.6 is 0 Å². The monoisotopic (exact) mass is 453 g/mol. The summed E-state index contributed by atoms with van der Waals surface area (Å²) < 4.78 is 49.0. The van der Waals surface area contributed by atoms with Crippen molar-refractivity contribution in [2.24, 2.45) is 17.1 Å². The van der Waals surface area contributed by atoms with Crippen LogP contribution in [0.5, 0.6) is 11.6 Å². The Morgan fingerprint density at radius 1 is 1.25 bits per heavy atom. The van der Waals surface area contributed by atoms with Crippen molar-refractivity contribution >= 4 is 5.97 Å². The summed E-state index contributed by atoms with van der Waals surface area (Å²) in [4.78, 5) is 19.9. The third kappa shape index (κ3) is 6.32. The molecule has 10 heteroatoms. The molecule has 174 valence electrons. The van der Waals surface area contributed by atoms with E-state index in [2.05, 4.69) is 9.97 Å². The Morgan fingerprint density at radius 2 is 2.00 bits per heavy atom. The van der Waals surface area contributed by atoms with E-state index in [0.717, 1.165) is 24.5 Å². The number of rotatable bonds is 11. The molecule has 32 heavy (non-hydrogen) atoms. The van der Waals surface area contributed by atoms with Crippen molar-refractivity contribution < 1.29 is 32.5 Å². The molecule has 1 saturated carbocycles. The topological polar surface area (TPSA) is 108 Å². The molecule has 2 atom stereocenters. The minimum Gasteiger partial charge on any atom is -0.493 e. The summed E-state index contributed by atoms with van der Waals surface area (Å²) in [6, 6.07) is 4.33. The van der Waals surface area contributed by atoms with Crippen molar-refractivity contribution in [1.29, 1.82) is 0 Å². The number of hydrogen-bond acceptors (Lipinski definition) is 6. The zero-order chi connectivity index (χ0) is 23.4. The van der Waals surface area contributed by atoms with Crippen molar-refractivity contribution in [2.45, 2.75) is 44.8 Å². The van der Waals surface area contributed by atoms with Gasteiger partial charge in [0.1, 0.15) is 12.4 Å². The molecule has 7 nitrogen and oxygen atoms in total. The first-order valence-corrected chi connectivity index (χ1v) is 10.3. The van der Waals surface area contributed by atoms with Crippen LogP contribution in [0, 0.1) is 11.3 Å². The Bertz CT molecular complexity index is 919. The van der Waals surface area contributed by atoms with Crippen molar-refractivity contribution in [3.8, 4) is 11.6 Å². The molecule has 1 aliphatic rings. The van der Waals surface area contributed by atoms with Crippen molar-refractivity contribution in [3.63, 3.8) is 0 Å². The fourth-order valence-electron chi connectivity index (χ4n) is 3.13. The molecule has 1 aliphatic carbocycles. The number of carboxylic acid groups (broad SMARTS) is 1. The molecule has 2 aromatic heterocycles. The van der Waals surface area contributed by atoms with E-state index < -0.39 is 29.2 Å². The van der Waals surface area contributed by atoms with Gasteiger partial charge in [0.2, 0.25) is 5.88 Å². The van der Waals surface area contributed by atoms with Gasteiger partial charge in [-0.25, -0.2) is 4.98 Å². The maximum atomic E-state index is 12.6. The van der Waals surface area contributed by atoms with Gasteiger partial charge in [-0.15, -0.1) is 0 Å². The number of nitrogens with two attached hydrogens (primary N) is 1. The van der Waals surface area contributed by atoms with Crippen LogP contribution in [-0.2, 0) is 17.4 Å². The van der Waals surface area contributed by atoms with Crippen molar-refractivity contribution in [1.82, 2.24) is 9.97 Å². The largest absolute Gasteiger partial charge is 0.493 e. The maximum absolute atomic E-state index is 12.6. The first-order valence-electron chi connectivity index (χ1n) is 10.3. The molecule has 0 amide bonds. The second kappa shape index (κ2) is 9.72. The van der Waals surface area contributed by atoms with Crippen molar-refractivity contribution in [3.05, 3.63) is 47.9 Å². The number of carbonyl (C=O) groups is 1. The first-order chi connectivity index (χ1) is 15.1. The molecule has 2 heterocycles. The standard InChI is InChI=1S/C22H26F3N3O4/c1-21(20(29)30,11-16-10-17(6-8-27-16)31-9-7-14-2-3-14)18(26)13-32-19-5-4-15(12-28-19)22(23,24)25/h4-6,8,10,12,14,18H,2-3,7,9,11,13,26H2,1H3,(H,29,30)/t18-,21-/m0/s1. The minimum absolute atomic E-state index is 0.0210. The Morgan fingerprint density at radius 3 is 2.59 bits per heavy atom. The maximum Gasteiger partial charge on any atom is 0.417 e. The fraction of sp³-hybridized carbons (Fsp3) is 0.500. The van der Waals surface area contributed by atoms with Gasteiger partial charge in [0, 0.05) is 36.6 Å². The molecule has 0 radical (unpaired) electrons. The highest BCUT2D eigenvalue weighted by Gasteiger charge is 2.41. The molecular weight excluding hydrogens is 427 g/mol. The average Bonchev–Trinajstić information content (AvgIpc) is 3.56. The fourth-order valence-corrected chi connectivity index (χ4v) is 3.13. The SMILES string of the molecule is C[C@@](Cc1cc(OCCC2CC2)ccn1)(C(=O)O)[C@@H](N)COc1ccc(C(F)(F)F)cn1. The number of pyridine rings is 2. The van der Waals surface area contributed by atoms with E-state index in [-0.39, 0.29) is 18.9 Å². The van der Waals surface area contributed by atoms with Gasteiger partial charge in [0.25, 0.3) is 0 Å². The third-order valence-electron chi connectivity index (χ3n) is 5.61. The molecule has 0 aliphatic heterocycles. The van der Waals surface area contributed by atoms with Gasteiger partial charge in [0.15, 0.2) is 0 Å². The van der Waals surface area contributed by atoms with E-state index in [1.165, 1.54) is 19.8 Å². The minimum atomic E-state index is -4.51. The van der Waals surface area contributed by atoms with E-state index in [1.807, 2.05) is 0 Å². The summed E-state index contributed by atoms with van der Waals surface area (Å²) in [5, 5.41) is 9.83. The van der Waals surface area contributed by atoms with Gasteiger partial charge < -0.3 is 20.3 Å². The van der Waals surface area contributed by atoms with Crippen LogP contribution in [0.2, 0.25) is 0 Å². The van der Waals surface area contributed by atoms with Crippen LogP contribution in [-0.4, -0.2) is 40.3 Å². The van der Waals surface area contributed by atoms with Gasteiger partial charge in [-0.2, -0.15) is 13.2 Å². The predicted molar refractivity (Wildman–Crippen MR) is 109 cm³/mol. The lowest BCUT2D eigenvalue weighted by molar-refractivity contribution is -0.149. The number of ether oxygens (including phenoxy) is 2. The number of hydrogen-bond donors (Lipinski definition) is 2. The lowest BCUT2D eigenvalue weighted by atomic mass is 9.78. The summed E-state index contributed by atoms with van der Waals surface area (Å²) in [7, 11) is 0. The second-order valence-electron chi connectivity index (χ2n) is 8.26. The van der Waals surface area contributed by atoms with Crippen LogP contribution < -0.4 is 15.2 Å². The van der Waals surface area contributed by atoms with Gasteiger partial charge in [-0.05, 0) is 31.4 Å². The first kappa shape index (κ1) is 23.8. The van der Waals surface area contributed by atoms with Gasteiger partial charge >= 0.3 is 12.1 Å². The van der Waals surface area contributed by atoms with Crippen LogP contribution in [0.25, 0.3) is 0 Å². The highest BCUT2D eigenvalue weighted by molar-refractivity contribution is 5.75. The zero-order valence-electron chi connectivity index (χ0n) is 17.6. The van der Waals surface area contributed by atoms with Crippen LogP contribution in [0.1, 0.15) is 37.4 Å². The third-order valence-corrected chi connectivity index (χ3v) is 5.61. The smallest absolute Gasteiger partial charge is 0.417 e. The van der Waals surface area contributed by atoms with E-state index >= 15 is 0 Å². The molecule has 0 bridgehead atoms. The van der Waals surface area contributed by atoms with Crippen molar-refractivity contribution in [2.75, 3.05) is 13.2 Å². The zero-order valence-corrected chi connectivity index (χ0v) is 17.6. The van der Waals surface area contributed by atoms with E-state index in [4.69, 9.17) is 15.2 Å². The van der Waals surface area contributed by atoms with E-state index in [0.29, 0.717) is 24.2 Å². The lowest BCUT2D eigenvalue weighted by Crippen LogP contribution is -2.50. The van der Waals surface area contributed by atoms with Crippen LogP contribution in [0.15, 0.2) is 36.7 Å². The molecule has 3 rings (SSSR count). The van der Waals surface area contributed by atoms with Gasteiger partial charge in [0.05, 0.1) is 23.6 Å². The molecule has 0 spiro atoms. The molecule has 0 unspecified atom stereocenters. The Balaban J connectivity index is 1.61. The van der Waals surface area contributed by atoms with E-state index in [9.17, 15) is 23.1 Å². The van der Waals surface area contributed by atoms with Gasteiger partial charge in [-0.3, -0.25) is 9.78 Å². The second-order valence-corrected chi connectivity index (χ2v) is 8.26. The predicted octanol–water partition coefficient (Wildman–Crippen LogP) is 3.71. The molecule has 2 aromatic rings. The lowest BCUT2D eigenvalue weighted by Gasteiger charge is -2.30. The average molecular weight is 453 g/mol. The number of aromatic nitrogens is 2. The number of alkyl halides is 3. The summed E-state index contributed by atoms with van der Waals surface area (Å²) in [6.45, 7) is 1.82. The van der Waals surface area contributed by atoms with Gasteiger partial charge in [-0.1, -0.05) is 12.8 Å². The normalized spacial score (nSPS) is 16.8. The van der Waals surface area contributed by atoms with Crippen LogP contribution in [0.3, 0.4) is 0 Å². The Kier molecular flexibility index (Phi) is 7.22. The quantitative estimate of drug-likeness (QED) is 0.534. The molecular formula is C22H26F3N3O4. The summed E-state index contributed by atoms with van der Waals surface area (Å²) >= 11 is 0. The molecule has 0 saturated heterocycles. The number of nitrogens with zero attached hydrogens (tertiary/aromatic N) is 2. The summed E-state index contributed by atoms with van der Waals surface area (Å²) in [6.07, 6.45) is 1.19. The number of carboxylic acids is 1. The Labute approximate surface area is 183 Å². The highest BCUT2D eigenvalue weighted by Crippen LogP contribution is 2.33. The molecule has 3 N–H and O–H groups in total. The van der Waals surface area contributed by atoms with E-state index in [1.54, 1.807) is 18.3 Å². The Hall–Kier alpha value is -2.88. The number of aliphatic carboxylic acids is 1. The highest BCUT2D eigenvalue weighted by atomic mass is 19.4. The summed E-state index contributed by atoms with van der Waals surface area (Å²) in [5.41, 5.74) is 4.29. The number of halogens is 3. The summed E-state index contributed by atoms with van der Waals surface area (Å²) in [5.74, 6) is 0.132.